The number of nitrogens with one attached hydrogen (secondary N) is 1. The summed E-state index contributed by atoms with van der Waals surface area (Å²) < 4.78 is 67.0. The zero-order valence-corrected chi connectivity index (χ0v) is 19.7. The number of nitrogens with zero attached hydrogens (tertiary/aromatic N) is 4. The second-order valence-corrected chi connectivity index (χ2v) is 9.35. The molecule has 2 aliphatic heterocycles. The summed E-state index contributed by atoms with van der Waals surface area (Å²) in [6, 6.07) is 1.91. The van der Waals surface area contributed by atoms with Crippen LogP contribution in [-0.4, -0.2) is 39.3 Å². The van der Waals surface area contributed by atoms with Gasteiger partial charge in [-0.15, -0.1) is 10.2 Å². The summed E-state index contributed by atoms with van der Waals surface area (Å²) in [5, 5.41) is 10.5. The lowest BCUT2D eigenvalue weighted by molar-refractivity contribution is -0.137. The van der Waals surface area contributed by atoms with Gasteiger partial charge in [0.05, 0.1) is 24.6 Å². The average molecular weight is 505 g/mol. The highest BCUT2D eigenvalue weighted by atomic mass is 19.4. The molecule has 2 aromatic heterocycles. The molecular formula is C24H23F4N5O3. The van der Waals surface area contributed by atoms with Gasteiger partial charge in [-0.3, -0.25) is 4.98 Å². The third-order valence-corrected chi connectivity index (χ3v) is 6.82. The van der Waals surface area contributed by atoms with Crippen molar-refractivity contribution >= 4 is 11.7 Å². The van der Waals surface area contributed by atoms with Crippen LogP contribution in [0.25, 0.3) is 11.1 Å². The van der Waals surface area contributed by atoms with Crippen LogP contribution in [0.3, 0.4) is 0 Å². The summed E-state index contributed by atoms with van der Waals surface area (Å²) in [4.78, 5) is 18.8. The molecule has 0 saturated carbocycles. The molecule has 2 fully saturated rings. The van der Waals surface area contributed by atoms with Crippen LogP contribution >= 0.6 is 0 Å². The van der Waals surface area contributed by atoms with E-state index in [1.54, 1.807) is 11.8 Å². The molecule has 0 spiro atoms. The molecule has 0 radical (unpaired) electrons. The number of anilines is 1. The number of carbonyl (C=O) groups excluding carboxylic acids is 1. The number of amides is 2. The zero-order valence-electron chi connectivity index (χ0n) is 19.7. The fraction of sp³-hybridized carbons (Fsp3) is 0.417. The fourth-order valence-electron chi connectivity index (χ4n) is 5.43. The number of piperidine rings is 1. The number of halogens is 4. The van der Waals surface area contributed by atoms with Crippen LogP contribution < -0.4 is 10.1 Å². The number of hydrogen-bond donors (Lipinski definition) is 1. The van der Waals surface area contributed by atoms with Gasteiger partial charge in [-0.2, -0.15) is 13.2 Å². The molecule has 3 unspecified atom stereocenters. The molecule has 2 amide bonds. The van der Waals surface area contributed by atoms with E-state index < -0.39 is 29.1 Å². The Labute approximate surface area is 203 Å². The molecule has 2 bridgehead atoms. The van der Waals surface area contributed by atoms with Crippen molar-refractivity contribution < 1.29 is 31.5 Å². The highest BCUT2D eigenvalue weighted by Crippen LogP contribution is 2.55. The molecule has 3 atom stereocenters. The molecule has 1 N–H and O–H groups in total. The molecule has 0 aliphatic carbocycles. The van der Waals surface area contributed by atoms with Crippen LogP contribution in [-0.2, 0) is 11.7 Å². The van der Waals surface area contributed by atoms with Crippen molar-refractivity contribution in [3.8, 4) is 16.9 Å². The number of methoxy groups -OCH3 is 1. The van der Waals surface area contributed by atoms with Gasteiger partial charge in [-0.25, -0.2) is 9.18 Å². The lowest BCUT2D eigenvalue weighted by Gasteiger charge is -2.61. The van der Waals surface area contributed by atoms with Crippen LogP contribution in [0.15, 0.2) is 35.0 Å². The second kappa shape index (κ2) is 8.45. The van der Waals surface area contributed by atoms with Crippen molar-refractivity contribution in [2.75, 3.05) is 12.4 Å². The maximum atomic E-state index is 14.9. The summed E-state index contributed by atoms with van der Waals surface area (Å²) in [5.74, 6) is -0.0393. The van der Waals surface area contributed by atoms with E-state index in [0.717, 1.165) is 12.5 Å². The lowest BCUT2D eigenvalue weighted by atomic mass is 9.64. The zero-order chi connectivity index (χ0) is 25.8. The number of fused-ring (bicyclic) bond motifs is 2. The first-order valence-electron chi connectivity index (χ1n) is 11.3. The SMILES string of the molecule is COc1cncc(-c2cc(NC(=O)N3C4CC(C)CC3(c3nnc(C)o3)C4)c(F)cc2C(F)(F)F)c1. The van der Waals surface area contributed by atoms with Gasteiger partial charge in [-0.1, -0.05) is 6.92 Å². The summed E-state index contributed by atoms with van der Waals surface area (Å²) in [6.07, 6.45) is -0.363. The van der Waals surface area contributed by atoms with E-state index in [9.17, 15) is 22.4 Å². The minimum atomic E-state index is -4.84. The van der Waals surface area contributed by atoms with Crippen molar-refractivity contribution in [2.24, 2.45) is 5.92 Å². The molecule has 5 rings (SSSR count). The summed E-state index contributed by atoms with van der Waals surface area (Å²) in [5.41, 5.74) is -2.70. The smallest absolute Gasteiger partial charge is 0.417 e. The van der Waals surface area contributed by atoms with Crippen molar-refractivity contribution in [3.63, 3.8) is 0 Å². The Balaban J connectivity index is 1.51. The molecule has 3 aromatic rings. The summed E-state index contributed by atoms with van der Waals surface area (Å²) in [6.45, 7) is 3.70. The van der Waals surface area contributed by atoms with Crippen LogP contribution in [0.2, 0.25) is 0 Å². The number of alkyl halides is 3. The normalized spacial score (nSPS) is 23.2. The average Bonchev–Trinajstić information content (AvgIpc) is 3.25. The van der Waals surface area contributed by atoms with Crippen molar-refractivity contribution in [1.82, 2.24) is 20.1 Å². The molecule has 36 heavy (non-hydrogen) atoms. The fourth-order valence-corrected chi connectivity index (χ4v) is 5.43. The predicted octanol–water partition coefficient (Wildman–Crippen LogP) is 5.54. The van der Waals surface area contributed by atoms with Crippen LogP contribution in [0, 0.1) is 18.7 Å². The summed E-state index contributed by atoms with van der Waals surface area (Å²) >= 11 is 0. The number of ether oxygens (including phenoxy) is 1. The van der Waals surface area contributed by atoms with Crippen LogP contribution in [0.4, 0.5) is 28.0 Å². The number of rotatable bonds is 4. The number of pyridine rings is 1. The Morgan fingerprint density at radius 1 is 1.22 bits per heavy atom. The van der Waals surface area contributed by atoms with E-state index in [1.165, 1.54) is 25.6 Å². The quantitative estimate of drug-likeness (QED) is 0.468. The Bertz CT molecular complexity index is 1330. The van der Waals surface area contributed by atoms with Crippen molar-refractivity contribution in [1.29, 1.82) is 0 Å². The molecule has 190 valence electrons. The first-order chi connectivity index (χ1) is 17.0. The number of carbonyl (C=O) groups is 1. The third-order valence-electron chi connectivity index (χ3n) is 6.82. The van der Waals surface area contributed by atoms with Crippen molar-refractivity contribution in [2.45, 2.75) is 50.9 Å². The lowest BCUT2D eigenvalue weighted by Crippen LogP contribution is -2.70. The Morgan fingerprint density at radius 2 is 2.00 bits per heavy atom. The number of benzene rings is 1. The number of aryl methyl sites for hydroxylation is 1. The van der Waals surface area contributed by atoms with E-state index in [2.05, 4.69) is 27.4 Å². The topological polar surface area (TPSA) is 93.4 Å². The Kier molecular flexibility index (Phi) is 5.64. The van der Waals surface area contributed by atoms with E-state index in [4.69, 9.17) is 9.15 Å². The highest BCUT2D eigenvalue weighted by molar-refractivity contribution is 5.92. The number of hydrogen-bond acceptors (Lipinski definition) is 6. The molecular weight excluding hydrogens is 482 g/mol. The predicted molar refractivity (Wildman–Crippen MR) is 120 cm³/mol. The van der Waals surface area contributed by atoms with Crippen LogP contribution in [0.1, 0.15) is 43.5 Å². The number of urea groups is 1. The molecule has 4 heterocycles. The first kappa shape index (κ1) is 24.0. The maximum Gasteiger partial charge on any atom is 0.417 e. The van der Waals surface area contributed by atoms with Gasteiger partial charge < -0.3 is 19.4 Å². The summed E-state index contributed by atoms with van der Waals surface area (Å²) in [7, 11) is 1.35. The molecule has 12 heteroatoms. The molecule has 2 aliphatic rings. The monoisotopic (exact) mass is 505 g/mol. The third kappa shape index (κ3) is 3.94. The first-order valence-corrected chi connectivity index (χ1v) is 11.3. The molecule has 8 nitrogen and oxygen atoms in total. The maximum absolute atomic E-state index is 14.9. The number of aromatic nitrogens is 3. The minimum absolute atomic E-state index is 0.0598. The molecule has 1 aromatic carbocycles. The Morgan fingerprint density at radius 3 is 2.67 bits per heavy atom. The highest BCUT2D eigenvalue weighted by Gasteiger charge is 2.62. The Hall–Kier alpha value is -3.70. The largest absolute Gasteiger partial charge is 0.495 e. The van der Waals surface area contributed by atoms with Gasteiger partial charge in [0.25, 0.3) is 0 Å². The van der Waals surface area contributed by atoms with Crippen LogP contribution in [0.5, 0.6) is 5.75 Å². The minimum Gasteiger partial charge on any atom is -0.495 e. The van der Waals surface area contributed by atoms with Gasteiger partial charge in [0.1, 0.15) is 17.1 Å². The van der Waals surface area contributed by atoms with Gasteiger partial charge >= 0.3 is 12.2 Å². The van der Waals surface area contributed by atoms with Crippen molar-refractivity contribution in [3.05, 3.63) is 53.8 Å². The van der Waals surface area contributed by atoms with E-state index in [0.29, 0.717) is 30.7 Å². The van der Waals surface area contributed by atoms with Gasteiger partial charge in [0, 0.05) is 31.1 Å². The van der Waals surface area contributed by atoms with E-state index >= 15 is 0 Å². The second-order valence-electron chi connectivity index (χ2n) is 9.35. The van der Waals surface area contributed by atoms with E-state index in [1.807, 2.05) is 0 Å². The van der Waals surface area contributed by atoms with Gasteiger partial charge in [0.2, 0.25) is 11.8 Å². The van der Waals surface area contributed by atoms with E-state index in [-0.39, 0.29) is 34.5 Å². The standard InChI is InChI=1S/C24H23F4N5O3/c1-12-4-15-9-23(8-12,21-32-31-13(2)36-21)33(15)22(34)30-20-6-17(14-5-16(35-3)11-29-10-14)18(7-19(20)25)24(26,27)28/h5-7,10-12,15H,4,8-9H2,1-3H3,(H,30,34). The molecule has 2 saturated heterocycles. The van der Waals surface area contributed by atoms with Gasteiger partial charge in [-0.05, 0) is 42.5 Å². The van der Waals surface area contributed by atoms with Gasteiger partial charge in [0.15, 0.2) is 0 Å².